The second kappa shape index (κ2) is 3.05. The zero-order chi connectivity index (χ0) is 7.56. The summed E-state index contributed by atoms with van der Waals surface area (Å²) >= 11 is 5.36. The molecule has 1 atom stereocenters. The molecule has 0 bridgehead atoms. The fraction of sp³-hybridized carbons (Fsp3) is 0.800. The van der Waals surface area contributed by atoms with Crippen LogP contribution in [0.1, 0.15) is 13.3 Å². The van der Waals surface area contributed by atoms with E-state index in [1.807, 2.05) is 6.92 Å². The maximum atomic E-state index is 12.8. The van der Waals surface area contributed by atoms with Crippen LogP contribution in [0.2, 0.25) is 0 Å². The van der Waals surface area contributed by atoms with Gasteiger partial charge in [0.25, 0.3) is 6.42 Å². The maximum Gasteiger partial charge on any atom is 0.278 e. The predicted molar refractivity (Wildman–Crippen MR) is 38.1 cm³/mol. The standard InChI is InChI=1S/C5H9ClFN3/c1-2-3-10-5(7)9(6)4-8-10/h4-5H,2-3H2,1H3. The summed E-state index contributed by atoms with van der Waals surface area (Å²) < 4.78 is 13.7. The minimum absolute atomic E-state index is 0.598. The van der Waals surface area contributed by atoms with E-state index < -0.39 is 6.42 Å². The van der Waals surface area contributed by atoms with E-state index in [1.54, 1.807) is 0 Å². The molecular formula is C5H9ClFN3. The third-order valence-electron chi connectivity index (χ3n) is 1.21. The molecule has 1 rings (SSSR count). The van der Waals surface area contributed by atoms with Gasteiger partial charge in [-0.25, -0.2) is 9.43 Å². The molecule has 0 saturated heterocycles. The lowest BCUT2D eigenvalue weighted by molar-refractivity contribution is 0.0524. The highest BCUT2D eigenvalue weighted by Gasteiger charge is 2.24. The maximum absolute atomic E-state index is 12.8. The Kier molecular flexibility index (Phi) is 2.32. The molecular weight excluding hydrogens is 157 g/mol. The van der Waals surface area contributed by atoms with Crippen LogP contribution in [0.4, 0.5) is 4.39 Å². The van der Waals surface area contributed by atoms with Crippen LogP contribution in [0.3, 0.4) is 0 Å². The predicted octanol–water partition coefficient (Wildman–Crippen LogP) is 1.36. The molecule has 0 aromatic rings. The summed E-state index contributed by atoms with van der Waals surface area (Å²) in [4.78, 5) is 0. The van der Waals surface area contributed by atoms with Crippen molar-refractivity contribution in [2.45, 2.75) is 19.8 Å². The summed E-state index contributed by atoms with van der Waals surface area (Å²) in [6, 6.07) is 0. The van der Waals surface area contributed by atoms with E-state index in [0.29, 0.717) is 6.54 Å². The molecule has 0 aromatic carbocycles. The highest BCUT2D eigenvalue weighted by Crippen LogP contribution is 2.15. The Morgan fingerprint density at radius 2 is 2.50 bits per heavy atom. The van der Waals surface area contributed by atoms with Gasteiger partial charge in [-0.1, -0.05) is 6.92 Å². The molecule has 0 amide bonds. The molecule has 0 aromatic heterocycles. The third kappa shape index (κ3) is 1.31. The second-order valence-electron chi connectivity index (χ2n) is 2.05. The van der Waals surface area contributed by atoms with Crippen LogP contribution in [-0.2, 0) is 0 Å². The number of rotatable bonds is 2. The molecule has 0 spiro atoms. The SMILES string of the molecule is CCCN1N=CN(Cl)C1F. The average molecular weight is 166 g/mol. The molecule has 5 heteroatoms. The lowest BCUT2D eigenvalue weighted by Gasteiger charge is -2.17. The van der Waals surface area contributed by atoms with Crippen LogP contribution in [0.5, 0.6) is 0 Å². The molecule has 0 radical (unpaired) electrons. The Morgan fingerprint density at radius 1 is 1.80 bits per heavy atom. The van der Waals surface area contributed by atoms with Gasteiger partial charge in [0.1, 0.15) is 6.34 Å². The first-order valence-corrected chi connectivity index (χ1v) is 3.48. The molecule has 1 heterocycles. The number of nitrogens with zero attached hydrogens (tertiary/aromatic N) is 3. The summed E-state index contributed by atoms with van der Waals surface area (Å²) in [5.74, 6) is 0. The van der Waals surface area contributed by atoms with Crippen LogP contribution in [0.25, 0.3) is 0 Å². The Bertz CT molecular complexity index is 141. The lowest BCUT2D eigenvalue weighted by Crippen LogP contribution is -2.30. The van der Waals surface area contributed by atoms with E-state index >= 15 is 0 Å². The van der Waals surface area contributed by atoms with E-state index in [0.717, 1.165) is 10.8 Å². The van der Waals surface area contributed by atoms with Gasteiger partial charge in [-0.05, 0) is 6.42 Å². The van der Waals surface area contributed by atoms with Crippen molar-refractivity contribution in [3.63, 3.8) is 0 Å². The fourth-order valence-electron chi connectivity index (χ4n) is 0.746. The minimum Gasteiger partial charge on any atom is -0.244 e. The number of hydrogen-bond acceptors (Lipinski definition) is 3. The van der Waals surface area contributed by atoms with E-state index in [2.05, 4.69) is 5.10 Å². The van der Waals surface area contributed by atoms with Crippen molar-refractivity contribution in [1.29, 1.82) is 0 Å². The lowest BCUT2D eigenvalue weighted by atomic mass is 10.5. The average Bonchev–Trinajstić information content (AvgIpc) is 2.20. The third-order valence-corrected chi connectivity index (χ3v) is 1.46. The van der Waals surface area contributed by atoms with Gasteiger partial charge in [-0.2, -0.15) is 9.49 Å². The van der Waals surface area contributed by atoms with Crippen LogP contribution >= 0.6 is 11.8 Å². The number of halogens is 2. The number of alkyl halides is 1. The molecule has 0 N–H and O–H groups in total. The Balaban J connectivity index is 2.41. The van der Waals surface area contributed by atoms with Gasteiger partial charge in [0.2, 0.25) is 0 Å². The molecule has 0 saturated carbocycles. The summed E-state index contributed by atoms with van der Waals surface area (Å²) in [7, 11) is 0. The van der Waals surface area contributed by atoms with Crippen molar-refractivity contribution in [3.8, 4) is 0 Å². The van der Waals surface area contributed by atoms with E-state index in [9.17, 15) is 4.39 Å². The van der Waals surface area contributed by atoms with Crippen molar-refractivity contribution in [2.75, 3.05) is 6.54 Å². The zero-order valence-electron chi connectivity index (χ0n) is 5.67. The minimum atomic E-state index is -1.29. The molecule has 58 valence electrons. The fourth-order valence-corrected chi connectivity index (χ4v) is 0.886. The number of hydrogen-bond donors (Lipinski definition) is 0. The van der Waals surface area contributed by atoms with E-state index in [-0.39, 0.29) is 0 Å². The summed E-state index contributed by atoms with van der Waals surface area (Å²) in [6.45, 7) is 2.56. The molecule has 1 aliphatic rings. The molecule has 3 nitrogen and oxygen atoms in total. The highest BCUT2D eigenvalue weighted by molar-refractivity contribution is 6.19. The van der Waals surface area contributed by atoms with Crippen LogP contribution in [0.15, 0.2) is 5.10 Å². The Morgan fingerprint density at radius 3 is 2.90 bits per heavy atom. The quantitative estimate of drug-likeness (QED) is 0.455. The van der Waals surface area contributed by atoms with Crippen molar-refractivity contribution in [1.82, 2.24) is 9.43 Å². The van der Waals surface area contributed by atoms with Crippen molar-refractivity contribution < 1.29 is 4.39 Å². The van der Waals surface area contributed by atoms with Gasteiger partial charge in [0.15, 0.2) is 0 Å². The van der Waals surface area contributed by atoms with Crippen LogP contribution in [-0.4, -0.2) is 28.7 Å². The first kappa shape index (κ1) is 7.60. The zero-order valence-corrected chi connectivity index (χ0v) is 6.42. The summed E-state index contributed by atoms with van der Waals surface area (Å²) in [5, 5.41) is 5.01. The molecule has 10 heavy (non-hydrogen) atoms. The number of hydrazone groups is 1. The molecule has 0 fully saturated rings. The van der Waals surface area contributed by atoms with Gasteiger partial charge in [-0.15, -0.1) is 0 Å². The molecule has 0 aliphatic carbocycles. The monoisotopic (exact) mass is 165 g/mol. The second-order valence-corrected chi connectivity index (χ2v) is 2.44. The first-order chi connectivity index (χ1) is 4.75. The van der Waals surface area contributed by atoms with Gasteiger partial charge < -0.3 is 0 Å². The van der Waals surface area contributed by atoms with Gasteiger partial charge in [0, 0.05) is 18.3 Å². The first-order valence-electron chi connectivity index (χ1n) is 3.14. The highest BCUT2D eigenvalue weighted by atomic mass is 35.5. The van der Waals surface area contributed by atoms with Crippen molar-refractivity contribution in [2.24, 2.45) is 5.10 Å². The van der Waals surface area contributed by atoms with E-state index in [1.165, 1.54) is 11.3 Å². The topological polar surface area (TPSA) is 18.8 Å². The summed E-state index contributed by atoms with van der Waals surface area (Å²) in [6.07, 6.45) is 0.839. The smallest absolute Gasteiger partial charge is 0.244 e. The normalized spacial score (nSPS) is 24.5. The Hall–Kier alpha value is -0.510. The summed E-state index contributed by atoms with van der Waals surface area (Å²) in [5.41, 5.74) is 0. The van der Waals surface area contributed by atoms with Gasteiger partial charge >= 0.3 is 0 Å². The Labute approximate surface area is 64.2 Å². The van der Waals surface area contributed by atoms with Crippen LogP contribution < -0.4 is 0 Å². The van der Waals surface area contributed by atoms with Gasteiger partial charge in [0.05, 0.1) is 0 Å². The van der Waals surface area contributed by atoms with Crippen molar-refractivity contribution >= 4 is 18.1 Å². The molecule has 1 unspecified atom stereocenters. The largest absolute Gasteiger partial charge is 0.278 e. The van der Waals surface area contributed by atoms with E-state index in [4.69, 9.17) is 11.8 Å². The van der Waals surface area contributed by atoms with Gasteiger partial charge in [-0.3, -0.25) is 0 Å². The molecule has 1 aliphatic heterocycles. The van der Waals surface area contributed by atoms with Crippen molar-refractivity contribution in [3.05, 3.63) is 0 Å². The van der Waals surface area contributed by atoms with Crippen LogP contribution in [0, 0.1) is 0 Å².